The van der Waals surface area contributed by atoms with Gasteiger partial charge in [0.05, 0.1) is 11.3 Å². The number of nitriles is 1. The van der Waals surface area contributed by atoms with Crippen molar-refractivity contribution >= 4 is 17.7 Å². The van der Waals surface area contributed by atoms with E-state index in [1.807, 2.05) is 49.2 Å². The summed E-state index contributed by atoms with van der Waals surface area (Å²) >= 11 is 0. The van der Waals surface area contributed by atoms with Crippen LogP contribution in [-0.2, 0) is 0 Å². The van der Waals surface area contributed by atoms with Crippen molar-refractivity contribution in [1.29, 1.82) is 5.26 Å². The Kier molecular flexibility index (Phi) is 3.63. The van der Waals surface area contributed by atoms with E-state index in [9.17, 15) is 4.79 Å². The molecule has 0 aliphatic heterocycles. The first-order valence-corrected chi connectivity index (χ1v) is 5.96. The highest BCUT2D eigenvalue weighted by Crippen LogP contribution is 2.27. The molecule has 0 heterocycles. The second-order valence-electron chi connectivity index (χ2n) is 4.35. The van der Waals surface area contributed by atoms with Gasteiger partial charge in [-0.1, -0.05) is 12.1 Å². The Hall–Kier alpha value is -2.60. The lowest BCUT2D eigenvalue weighted by molar-refractivity contribution is 0.112. The molecule has 0 spiro atoms. The van der Waals surface area contributed by atoms with Crippen molar-refractivity contribution in [3.63, 3.8) is 0 Å². The van der Waals surface area contributed by atoms with Gasteiger partial charge in [0.2, 0.25) is 0 Å². The number of para-hydroxylation sites is 1. The summed E-state index contributed by atoms with van der Waals surface area (Å²) in [5.74, 6) is 0. The van der Waals surface area contributed by atoms with Crippen LogP contribution in [0.25, 0.3) is 0 Å². The molecule has 2 aromatic carbocycles. The van der Waals surface area contributed by atoms with E-state index >= 15 is 0 Å². The minimum atomic E-state index is 0.627. The van der Waals surface area contributed by atoms with Crippen molar-refractivity contribution < 1.29 is 4.79 Å². The molecule has 0 amide bonds. The van der Waals surface area contributed by atoms with Gasteiger partial charge < -0.3 is 4.90 Å². The number of rotatable bonds is 3. The van der Waals surface area contributed by atoms with Crippen LogP contribution in [-0.4, -0.2) is 13.3 Å². The van der Waals surface area contributed by atoms with E-state index in [0.29, 0.717) is 11.1 Å². The van der Waals surface area contributed by atoms with E-state index in [1.165, 1.54) is 0 Å². The predicted molar refractivity (Wildman–Crippen MR) is 75.8 cm³/mol. The summed E-state index contributed by atoms with van der Waals surface area (Å²) in [5.41, 5.74) is 4.04. The molecule has 94 valence electrons. The van der Waals surface area contributed by atoms with Crippen LogP contribution in [0.1, 0.15) is 21.5 Å². The molecule has 3 nitrogen and oxygen atoms in total. The van der Waals surface area contributed by atoms with Crippen LogP contribution in [0.5, 0.6) is 0 Å². The molecule has 2 aromatic rings. The minimum Gasteiger partial charge on any atom is -0.344 e. The molecule has 19 heavy (non-hydrogen) atoms. The summed E-state index contributed by atoms with van der Waals surface area (Å²) in [4.78, 5) is 12.8. The molecule has 0 unspecified atom stereocenters. The maximum Gasteiger partial charge on any atom is 0.150 e. The number of hydrogen-bond donors (Lipinski definition) is 0. The second-order valence-corrected chi connectivity index (χ2v) is 4.35. The van der Waals surface area contributed by atoms with Gasteiger partial charge in [-0.05, 0) is 42.8 Å². The molecule has 0 bridgehead atoms. The van der Waals surface area contributed by atoms with Crippen molar-refractivity contribution in [2.75, 3.05) is 11.9 Å². The number of carbonyl (C=O) groups excluding carboxylic acids is 1. The van der Waals surface area contributed by atoms with Crippen molar-refractivity contribution in [2.24, 2.45) is 0 Å². The third-order valence-corrected chi connectivity index (χ3v) is 3.15. The molecule has 0 aliphatic rings. The average Bonchev–Trinajstić information content (AvgIpc) is 2.46. The van der Waals surface area contributed by atoms with Gasteiger partial charge in [0, 0.05) is 18.3 Å². The second kappa shape index (κ2) is 5.36. The minimum absolute atomic E-state index is 0.627. The topological polar surface area (TPSA) is 44.1 Å². The highest BCUT2D eigenvalue weighted by molar-refractivity contribution is 5.79. The van der Waals surface area contributed by atoms with Crippen molar-refractivity contribution in [3.8, 4) is 6.07 Å². The molecule has 0 saturated heterocycles. The number of anilines is 2. The van der Waals surface area contributed by atoms with Gasteiger partial charge in [-0.2, -0.15) is 5.26 Å². The third kappa shape index (κ3) is 2.48. The number of carbonyl (C=O) groups is 1. The zero-order valence-electron chi connectivity index (χ0n) is 10.9. The summed E-state index contributed by atoms with van der Waals surface area (Å²) in [5, 5.41) is 9.13. The Labute approximate surface area is 112 Å². The molecule has 0 fully saturated rings. The predicted octanol–water partition coefficient (Wildman–Crippen LogP) is 3.45. The summed E-state index contributed by atoms with van der Waals surface area (Å²) in [6, 6.07) is 15.2. The Morgan fingerprint density at radius 3 is 2.58 bits per heavy atom. The Morgan fingerprint density at radius 1 is 1.21 bits per heavy atom. The first-order valence-electron chi connectivity index (χ1n) is 5.96. The summed E-state index contributed by atoms with van der Waals surface area (Å²) in [6.45, 7) is 1.90. The average molecular weight is 250 g/mol. The maximum absolute atomic E-state index is 10.8. The third-order valence-electron chi connectivity index (χ3n) is 3.15. The normalized spacial score (nSPS) is 9.74. The van der Waals surface area contributed by atoms with Gasteiger partial charge in [-0.3, -0.25) is 4.79 Å². The Bertz CT molecular complexity index is 656. The molecular formula is C16H14N2O. The van der Waals surface area contributed by atoms with E-state index in [4.69, 9.17) is 5.26 Å². The Balaban J connectivity index is 2.44. The van der Waals surface area contributed by atoms with Gasteiger partial charge in [-0.15, -0.1) is 0 Å². The zero-order valence-corrected chi connectivity index (χ0v) is 10.9. The number of aldehydes is 1. The first kappa shape index (κ1) is 12.8. The van der Waals surface area contributed by atoms with Gasteiger partial charge in [0.1, 0.15) is 12.4 Å². The van der Waals surface area contributed by atoms with E-state index in [1.54, 1.807) is 12.1 Å². The van der Waals surface area contributed by atoms with Crippen molar-refractivity contribution in [2.45, 2.75) is 6.92 Å². The van der Waals surface area contributed by atoms with Crippen molar-refractivity contribution in [1.82, 2.24) is 0 Å². The molecule has 0 atom stereocenters. The van der Waals surface area contributed by atoms with Crippen LogP contribution >= 0.6 is 0 Å². The summed E-state index contributed by atoms with van der Waals surface area (Å²) in [6.07, 6.45) is 0.850. The highest BCUT2D eigenvalue weighted by atomic mass is 16.1. The van der Waals surface area contributed by atoms with E-state index < -0.39 is 0 Å². The first-order chi connectivity index (χ1) is 9.17. The molecule has 0 saturated carbocycles. The van der Waals surface area contributed by atoms with E-state index in [-0.39, 0.29) is 0 Å². The Morgan fingerprint density at radius 2 is 1.95 bits per heavy atom. The molecule has 3 heteroatoms. The van der Waals surface area contributed by atoms with Crippen LogP contribution in [0, 0.1) is 18.3 Å². The lowest BCUT2D eigenvalue weighted by Crippen LogP contribution is -2.11. The number of nitrogens with zero attached hydrogens (tertiary/aromatic N) is 2. The molecule has 0 radical (unpaired) electrons. The fourth-order valence-electron chi connectivity index (χ4n) is 2.00. The number of aryl methyl sites for hydroxylation is 1. The largest absolute Gasteiger partial charge is 0.344 e. The monoisotopic (exact) mass is 250 g/mol. The standard InChI is InChI=1S/C16H14N2O/c1-12-9-15(8-7-14(12)11-19)18(2)16-6-4-3-5-13(16)10-17/h3-9,11H,1-2H3. The molecule has 0 aromatic heterocycles. The van der Waals surface area contributed by atoms with Crippen molar-refractivity contribution in [3.05, 3.63) is 59.2 Å². The van der Waals surface area contributed by atoms with E-state index in [2.05, 4.69) is 6.07 Å². The number of benzene rings is 2. The lowest BCUT2D eigenvalue weighted by atomic mass is 10.1. The fourth-order valence-corrected chi connectivity index (χ4v) is 2.00. The van der Waals surface area contributed by atoms with Crippen LogP contribution < -0.4 is 4.90 Å². The van der Waals surface area contributed by atoms with Gasteiger partial charge in [0.25, 0.3) is 0 Å². The van der Waals surface area contributed by atoms with Crippen LogP contribution in [0.4, 0.5) is 11.4 Å². The molecule has 0 N–H and O–H groups in total. The van der Waals surface area contributed by atoms with Gasteiger partial charge in [0.15, 0.2) is 0 Å². The molecule has 0 aliphatic carbocycles. The number of hydrogen-bond acceptors (Lipinski definition) is 3. The van der Waals surface area contributed by atoms with Gasteiger partial charge in [-0.25, -0.2) is 0 Å². The SMILES string of the molecule is Cc1cc(N(C)c2ccccc2C#N)ccc1C=O. The van der Waals surface area contributed by atoms with Crippen LogP contribution in [0.3, 0.4) is 0 Å². The lowest BCUT2D eigenvalue weighted by Gasteiger charge is -2.21. The smallest absolute Gasteiger partial charge is 0.150 e. The fraction of sp³-hybridized carbons (Fsp3) is 0.125. The maximum atomic E-state index is 10.8. The zero-order chi connectivity index (χ0) is 13.8. The molecule has 2 rings (SSSR count). The highest BCUT2D eigenvalue weighted by Gasteiger charge is 2.09. The van der Waals surface area contributed by atoms with Crippen LogP contribution in [0.15, 0.2) is 42.5 Å². The quantitative estimate of drug-likeness (QED) is 0.784. The van der Waals surface area contributed by atoms with Crippen LogP contribution in [0.2, 0.25) is 0 Å². The summed E-state index contributed by atoms with van der Waals surface area (Å²) < 4.78 is 0. The summed E-state index contributed by atoms with van der Waals surface area (Å²) in [7, 11) is 1.91. The molecular weight excluding hydrogens is 236 g/mol. The van der Waals surface area contributed by atoms with Gasteiger partial charge >= 0.3 is 0 Å². The van der Waals surface area contributed by atoms with E-state index in [0.717, 1.165) is 23.2 Å².